The molecule has 104 valence electrons. The van der Waals surface area contributed by atoms with Gasteiger partial charge in [0.05, 0.1) is 0 Å². The van der Waals surface area contributed by atoms with Crippen LogP contribution in [-0.2, 0) is 0 Å². The van der Waals surface area contributed by atoms with Gasteiger partial charge in [0.1, 0.15) is 0 Å². The molecule has 0 aliphatic carbocycles. The second kappa shape index (κ2) is 5.84. The summed E-state index contributed by atoms with van der Waals surface area (Å²) in [4.78, 5) is 5.31. The normalized spacial score (nSPS) is 24.9. The molecule has 2 aliphatic heterocycles. The van der Waals surface area contributed by atoms with Gasteiger partial charge in [-0.05, 0) is 56.5 Å². The Hall–Kier alpha value is -0.540. The first-order valence-electron chi connectivity index (χ1n) is 7.49. The third-order valence-corrected chi connectivity index (χ3v) is 5.45. The van der Waals surface area contributed by atoms with Crippen LogP contribution >= 0.6 is 15.9 Å². The lowest BCUT2D eigenvalue weighted by Gasteiger charge is -2.36. The number of rotatable bonds is 1. The number of halogens is 1. The van der Waals surface area contributed by atoms with Crippen LogP contribution in [0, 0.1) is 6.92 Å². The van der Waals surface area contributed by atoms with E-state index in [4.69, 9.17) is 0 Å². The second-order valence-corrected chi connectivity index (χ2v) is 6.77. The Morgan fingerprint density at radius 3 is 2.79 bits per heavy atom. The molecule has 3 heteroatoms. The van der Waals surface area contributed by atoms with Gasteiger partial charge in [-0.1, -0.05) is 22.4 Å². The van der Waals surface area contributed by atoms with Crippen LogP contribution in [0.15, 0.2) is 22.7 Å². The molecule has 2 nitrogen and oxygen atoms in total. The summed E-state index contributed by atoms with van der Waals surface area (Å²) in [6.07, 6.45) is 5.49. The Morgan fingerprint density at radius 1 is 1.11 bits per heavy atom. The molecule has 0 spiro atoms. The molecule has 0 amide bonds. The van der Waals surface area contributed by atoms with Crippen molar-refractivity contribution in [1.82, 2.24) is 4.90 Å². The van der Waals surface area contributed by atoms with Gasteiger partial charge < -0.3 is 4.90 Å². The van der Waals surface area contributed by atoms with E-state index in [1.807, 2.05) is 0 Å². The number of piperidine rings is 1. The van der Waals surface area contributed by atoms with E-state index in [1.54, 1.807) is 0 Å². The Kier molecular flexibility index (Phi) is 4.13. The Morgan fingerprint density at radius 2 is 1.95 bits per heavy atom. The lowest BCUT2D eigenvalue weighted by molar-refractivity contribution is 0.162. The summed E-state index contributed by atoms with van der Waals surface area (Å²) in [5, 5.41) is 0. The van der Waals surface area contributed by atoms with E-state index in [1.165, 1.54) is 67.6 Å². The maximum atomic E-state index is 3.60. The standard InChI is InChI=1S/C16H23BrN2/c1-13-11-14(6-7-16(13)17)19-10-4-9-18-8-3-2-5-15(18)12-19/h6-7,11,15H,2-5,8-10,12H2,1H3. The van der Waals surface area contributed by atoms with Gasteiger partial charge >= 0.3 is 0 Å². The molecule has 0 saturated carbocycles. The molecule has 1 aromatic carbocycles. The lowest BCUT2D eigenvalue weighted by atomic mass is 10.0. The molecule has 2 aliphatic rings. The molecular weight excluding hydrogens is 300 g/mol. The van der Waals surface area contributed by atoms with Crippen molar-refractivity contribution in [2.75, 3.05) is 31.1 Å². The van der Waals surface area contributed by atoms with Crippen LogP contribution in [0.4, 0.5) is 5.69 Å². The number of nitrogens with zero attached hydrogens (tertiary/aromatic N) is 2. The molecule has 19 heavy (non-hydrogen) atoms. The summed E-state index contributed by atoms with van der Waals surface area (Å²) in [7, 11) is 0. The molecule has 3 rings (SSSR count). The minimum Gasteiger partial charge on any atom is -0.370 e. The summed E-state index contributed by atoms with van der Waals surface area (Å²) in [6.45, 7) is 7.20. The van der Waals surface area contributed by atoms with E-state index in [2.05, 4.69) is 50.9 Å². The van der Waals surface area contributed by atoms with Crippen molar-refractivity contribution in [3.63, 3.8) is 0 Å². The predicted octanol–water partition coefficient (Wildman–Crippen LogP) is 3.82. The Balaban J connectivity index is 1.78. The first-order chi connectivity index (χ1) is 9.24. The van der Waals surface area contributed by atoms with Crippen LogP contribution in [0.5, 0.6) is 0 Å². The molecule has 0 aromatic heterocycles. The number of hydrogen-bond donors (Lipinski definition) is 0. The van der Waals surface area contributed by atoms with Crippen molar-refractivity contribution in [2.24, 2.45) is 0 Å². The topological polar surface area (TPSA) is 6.48 Å². The number of aryl methyl sites for hydroxylation is 1. The molecule has 2 fully saturated rings. The lowest BCUT2D eigenvalue weighted by Crippen LogP contribution is -2.44. The van der Waals surface area contributed by atoms with E-state index >= 15 is 0 Å². The van der Waals surface area contributed by atoms with Crippen LogP contribution in [0.2, 0.25) is 0 Å². The number of hydrogen-bond acceptors (Lipinski definition) is 2. The van der Waals surface area contributed by atoms with E-state index in [-0.39, 0.29) is 0 Å². The monoisotopic (exact) mass is 322 g/mol. The molecular formula is C16H23BrN2. The molecule has 1 atom stereocenters. The summed E-state index contributed by atoms with van der Waals surface area (Å²) in [5.74, 6) is 0. The number of fused-ring (bicyclic) bond motifs is 1. The van der Waals surface area contributed by atoms with Crippen molar-refractivity contribution < 1.29 is 0 Å². The Bertz CT molecular complexity index is 446. The molecule has 2 heterocycles. The third-order valence-electron chi connectivity index (χ3n) is 4.56. The zero-order valence-corrected chi connectivity index (χ0v) is 13.3. The largest absolute Gasteiger partial charge is 0.370 e. The van der Waals surface area contributed by atoms with Crippen LogP contribution in [-0.4, -0.2) is 37.1 Å². The predicted molar refractivity (Wildman–Crippen MR) is 84.9 cm³/mol. The molecule has 2 saturated heterocycles. The van der Waals surface area contributed by atoms with Gasteiger partial charge in [0.25, 0.3) is 0 Å². The van der Waals surface area contributed by atoms with Crippen molar-refractivity contribution in [1.29, 1.82) is 0 Å². The highest BCUT2D eigenvalue weighted by Crippen LogP contribution is 2.27. The van der Waals surface area contributed by atoms with Gasteiger partial charge in [0.15, 0.2) is 0 Å². The van der Waals surface area contributed by atoms with Gasteiger partial charge in [-0.2, -0.15) is 0 Å². The molecule has 0 bridgehead atoms. The van der Waals surface area contributed by atoms with Crippen molar-refractivity contribution in [3.8, 4) is 0 Å². The fourth-order valence-electron chi connectivity index (χ4n) is 3.43. The van der Waals surface area contributed by atoms with Gasteiger partial charge in [-0.3, -0.25) is 4.90 Å². The van der Waals surface area contributed by atoms with E-state index in [0.29, 0.717) is 0 Å². The second-order valence-electron chi connectivity index (χ2n) is 5.92. The average Bonchev–Trinajstić information content (AvgIpc) is 2.64. The molecule has 1 aromatic rings. The highest BCUT2D eigenvalue weighted by Gasteiger charge is 2.27. The summed E-state index contributed by atoms with van der Waals surface area (Å²) >= 11 is 3.60. The zero-order chi connectivity index (χ0) is 13.2. The average molecular weight is 323 g/mol. The van der Waals surface area contributed by atoms with Gasteiger partial charge in [-0.15, -0.1) is 0 Å². The summed E-state index contributed by atoms with van der Waals surface area (Å²) in [6, 6.07) is 7.55. The van der Waals surface area contributed by atoms with Gasteiger partial charge in [-0.25, -0.2) is 0 Å². The van der Waals surface area contributed by atoms with Crippen molar-refractivity contribution in [3.05, 3.63) is 28.2 Å². The highest BCUT2D eigenvalue weighted by atomic mass is 79.9. The smallest absolute Gasteiger partial charge is 0.0370 e. The molecule has 1 unspecified atom stereocenters. The number of benzene rings is 1. The van der Waals surface area contributed by atoms with Crippen LogP contribution in [0.25, 0.3) is 0 Å². The maximum absolute atomic E-state index is 3.60. The van der Waals surface area contributed by atoms with Crippen LogP contribution in [0.3, 0.4) is 0 Å². The van der Waals surface area contributed by atoms with Crippen molar-refractivity contribution in [2.45, 2.75) is 38.6 Å². The first kappa shape index (κ1) is 13.4. The number of anilines is 1. The minimum absolute atomic E-state index is 0.778. The van der Waals surface area contributed by atoms with E-state index in [9.17, 15) is 0 Å². The maximum Gasteiger partial charge on any atom is 0.0370 e. The van der Waals surface area contributed by atoms with E-state index < -0.39 is 0 Å². The van der Waals surface area contributed by atoms with Crippen LogP contribution < -0.4 is 4.90 Å². The fourth-order valence-corrected chi connectivity index (χ4v) is 3.68. The molecule has 0 N–H and O–H groups in total. The summed E-state index contributed by atoms with van der Waals surface area (Å²) < 4.78 is 1.21. The van der Waals surface area contributed by atoms with Crippen molar-refractivity contribution >= 4 is 21.6 Å². The quantitative estimate of drug-likeness (QED) is 0.775. The Labute approximate surface area is 124 Å². The third kappa shape index (κ3) is 2.97. The first-order valence-corrected chi connectivity index (χ1v) is 8.28. The molecule has 0 radical (unpaired) electrons. The summed E-state index contributed by atoms with van der Waals surface area (Å²) in [5.41, 5.74) is 2.73. The van der Waals surface area contributed by atoms with E-state index in [0.717, 1.165) is 6.04 Å². The fraction of sp³-hybridized carbons (Fsp3) is 0.625. The minimum atomic E-state index is 0.778. The van der Waals surface area contributed by atoms with Gasteiger partial charge in [0, 0.05) is 35.8 Å². The highest BCUT2D eigenvalue weighted by molar-refractivity contribution is 9.10. The SMILES string of the molecule is Cc1cc(N2CCCN3CCCCC3C2)ccc1Br. The van der Waals surface area contributed by atoms with Crippen LogP contribution in [0.1, 0.15) is 31.2 Å². The van der Waals surface area contributed by atoms with Gasteiger partial charge in [0.2, 0.25) is 0 Å². The zero-order valence-electron chi connectivity index (χ0n) is 11.7.